The Morgan fingerprint density at radius 3 is 1.84 bits per heavy atom. The van der Waals surface area contributed by atoms with Crippen molar-refractivity contribution in [3.63, 3.8) is 0 Å². The van der Waals surface area contributed by atoms with Gasteiger partial charge in [0, 0.05) is 5.69 Å². The van der Waals surface area contributed by atoms with Crippen LogP contribution in [0.5, 0.6) is 0 Å². The Morgan fingerprint density at radius 2 is 1.08 bits per heavy atom. The molecule has 0 aromatic heterocycles. The van der Waals surface area contributed by atoms with Crippen molar-refractivity contribution in [2.75, 3.05) is 9.62 Å². The standard InChI is InChI=1S/C34H23BN2/c1-2-14-29-27(12-1)28-13-3-4-15-30(28)32-23-25(18-19-31(29)32)24-10-9-11-26(22-24)37-34-17-6-5-16-33(34)36-21-8-7-20-35(36)37/h1-23H. The van der Waals surface area contributed by atoms with E-state index in [1.807, 2.05) is 0 Å². The minimum Gasteiger partial charge on any atom is -0.367 e. The van der Waals surface area contributed by atoms with Crippen molar-refractivity contribution in [3.8, 4) is 11.1 Å². The molecule has 6 aromatic carbocycles. The van der Waals surface area contributed by atoms with E-state index in [1.165, 1.54) is 60.5 Å². The second kappa shape index (κ2) is 7.87. The molecule has 2 nitrogen and oxygen atoms in total. The Hall–Kier alpha value is -4.76. The van der Waals surface area contributed by atoms with Crippen LogP contribution in [0.2, 0.25) is 0 Å². The molecule has 0 saturated heterocycles. The van der Waals surface area contributed by atoms with Gasteiger partial charge in [-0.15, -0.1) is 0 Å². The summed E-state index contributed by atoms with van der Waals surface area (Å²) in [6, 6.07) is 42.1. The first-order valence-corrected chi connectivity index (χ1v) is 12.8. The lowest BCUT2D eigenvalue weighted by atomic mass is 9.71. The lowest BCUT2D eigenvalue weighted by Gasteiger charge is -2.27. The van der Waals surface area contributed by atoms with E-state index in [0.29, 0.717) is 0 Å². The van der Waals surface area contributed by atoms with E-state index >= 15 is 0 Å². The van der Waals surface area contributed by atoms with E-state index < -0.39 is 0 Å². The van der Waals surface area contributed by atoms with Crippen LogP contribution in [0.4, 0.5) is 17.1 Å². The van der Waals surface area contributed by atoms with E-state index in [4.69, 9.17) is 0 Å². The highest BCUT2D eigenvalue weighted by molar-refractivity contribution is 6.76. The summed E-state index contributed by atoms with van der Waals surface area (Å²) in [7, 11) is 0. The molecule has 3 heteroatoms. The van der Waals surface area contributed by atoms with Crippen LogP contribution in [0, 0.1) is 0 Å². The van der Waals surface area contributed by atoms with Crippen molar-refractivity contribution in [2.24, 2.45) is 0 Å². The topological polar surface area (TPSA) is 6.48 Å². The summed E-state index contributed by atoms with van der Waals surface area (Å²) in [6.07, 6.45) is 6.42. The molecule has 0 aliphatic carbocycles. The summed E-state index contributed by atoms with van der Waals surface area (Å²) in [5.74, 6) is 2.26. The molecule has 0 spiro atoms. The molecule has 6 aromatic rings. The van der Waals surface area contributed by atoms with Crippen LogP contribution in [-0.4, -0.2) is 6.98 Å². The number of anilines is 3. The largest absolute Gasteiger partial charge is 0.412 e. The van der Waals surface area contributed by atoms with E-state index in [-0.39, 0.29) is 6.98 Å². The predicted molar refractivity (Wildman–Crippen MR) is 159 cm³/mol. The van der Waals surface area contributed by atoms with Crippen molar-refractivity contribution in [1.29, 1.82) is 0 Å². The second-order valence-corrected chi connectivity index (χ2v) is 9.81. The molecule has 0 bridgehead atoms. The third-order valence-corrected chi connectivity index (χ3v) is 7.81. The Bertz CT molecular complexity index is 1880. The van der Waals surface area contributed by atoms with Gasteiger partial charge in [-0.3, -0.25) is 0 Å². The summed E-state index contributed by atoms with van der Waals surface area (Å²) in [6.45, 7) is 0.143. The summed E-state index contributed by atoms with van der Waals surface area (Å²) >= 11 is 0. The smallest absolute Gasteiger partial charge is 0.367 e. The first-order valence-electron chi connectivity index (χ1n) is 12.8. The molecule has 37 heavy (non-hydrogen) atoms. The summed E-state index contributed by atoms with van der Waals surface area (Å²) in [4.78, 5) is 4.78. The zero-order chi connectivity index (χ0) is 24.3. The normalized spacial score (nSPS) is 14.1. The van der Waals surface area contributed by atoms with Gasteiger partial charge in [-0.1, -0.05) is 97.0 Å². The fourth-order valence-corrected chi connectivity index (χ4v) is 6.16. The van der Waals surface area contributed by atoms with Crippen LogP contribution in [-0.2, 0) is 0 Å². The molecule has 2 aliphatic heterocycles. The van der Waals surface area contributed by atoms with E-state index in [9.17, 15) is 0 Å². The number of benzene rings is 6. The number of nitrogens with zero attached hydrogens (tertiary/aromatic N) is 2. The third kappa shape index (κ3) is 3.01. The van der Waals surface area contributed by atoms with Crippen LogP contribution < -0.4 is 9.62 Å². The van der Waals surface area contributed by atoms with E-state index in [2.05, 4.69) is 149 Å². The van der Waals surface area contributed by atoms with Gasteiger partial charge in [0.25, 0.3) is 0 Å². The first kappa shape index (κ1) is 20.4. The van der Waals surface area contributed by atoms with Crippen molar-refractivity contribution < 1.29 is 0 Å². The van der Waals surface area contributed by atoms with Crippen molar-refractivity contribution in [2.45, 2.75) is 0 Å². The van der Waals surface area contributed by atoms with Crippen molar-refractivity contribution >= 4 is 56.4 Å². The average Bonchev–Trinajstić information content (AvgIpc) is 3.32. The van der Waals surface area contributed by atoms with Crippen LogP contribution >= 0.6 is 0 Å². The van der Waals surface area contributed by atoms with Gasteiger partial charge in [-0.2, -0.15) is 0 Å². The molecule has 0 fully saturated rings. The van der Waals surface area contributed by atoms with Gasteiger partial charge >= 0.3 is 6.98 Å². The zero-order valence-electron chi connectivity index (χ0n) is 20.3. The molecule has 0 unspecified atom stereocenters. The van der Waals surface area contributed by atoms with Gasteiger partial charge in [-0.25, -0.2) is 0 Å². The fraction of sp³-hybridized carbons (Fsp3) is 0. The summed E-state index contributed by atoms with van der Waals surface area (Å²) in [5, 5.41) is 7.84. The molecule has 2 heterocycles. The Kier molecular flexibility index (Phi) is 4.35. The van der Waals surface area contributed by atoms with Crippen molar-refractivity contribution in [1.82, 2.24) is 0 Å². The van der Waals surface area contributed by atoms with Crippen LogP contribution in [0.3, 0.4) is 0 Å². The van der Waals surface area contributed by atoms with Crippen LogP contribution in [0.25, 0.3) is 43.4 Å². The highest BCUT2D eigenvalue weighted by Crippen LogP contribution is 2.45. The number of hydrogen-bond donors (Lipinski definition) is 0. The van der Waals surface area contributed by atoms with Crippen LogP contribution in [0.15, 0.2) is 140 Å². The number of hydrogen-bond acceptors (Lipinski definition) is 2. The van der Waals surface area contributed by atoms with Crippen molar-refractivity contribution in [3.05, 3.63) is 140 Å². The molecule has 172 valence electrons. The van der Waals surface area contributed by atoms with Gasteiger partial charge in [0.05, 0.1) is 11.4 Å². The second-order valence-electron chi connectivity index (χ2n) is 9.81. The summed E-state index contributed by atoms with van der Waals surface area (Å²) in [5.41, 5.74) is 6.13. The quantitative estimate of drug-likeness (QED) is 0.184. The Morgan fingerprint density at radius 1 is 0.459 bits per heavy atom. The van der Waals surface area contributed by atoms with E-state index in [0.717, 1.165) is 0 Å². The molecular formula is C34H23BN2. The lowest BCUT2D eigenvalue weighted by molar-refractivity contribution is 1.39. The number of rotatable bonds is 2. The first-order chi connectivity index (χ1) is 18.4. The van der Waals surface area contributed by atoms with Gasteiger partial charge in [0.1, 0.15) is 0 Å². The van der Waals surface area contributed by atoms with Gasteiger partial charge in [0.15, 0.2) is 0 Å². The Labute approximate surface area is 216 Å². The number of para-hydroxylation sites is 2. The molecule has 0 atom stereocenters. The third-order valence-electron chi connectivity index (χ3n) is 7.81. The number of fused-ring (bicyclic) bond motifs is 9. The lowest BCUT2D eigenvalue weighted by Crippen LogP contribution is -2.42. The highest BCUT2D eigenvalue weighted by Gasteiger charge is 2.39. The molecule has 0 radical (unpaired) electrons. The molecule has 2 aliphatic rings. The minimum absolute atomic E-state index is 0.143. The monoisotopic (exact) mass is 470 g/mol. The minimum atomic E-state index is 0.143. The molecular weight excluding hydrogens is 447 g/mol. The maximum absolute atomic E-state index is 2.43. The molecule has 0 saturated carbocycles. The maximum atomic E-state index is 2.43. The van der Waals surface area contributed by atoms with Gasteiger partial charge in [0.2, 0.25) is 0 Å². The summed E-state index contributed by atoms with van der Waals surface area (Å²) < 4.78 is 0. The van der Waals surface area contributed by atoms with Crippen LogP contribution in [0.1, 0.15) is 0 Å². The molecule has 8 rings (SSSR count). The van der Waals surface area contributed by atoms with Gasteiger partial charge < -0.3 is 9.62 Å². The Balaban J connectivity index is 1.31. The average molecular weight is 470 g/mol. The molecule has 0 amide bonds. The predicted octanol–water partition coefficient (Wildman–Crippen LogP) is 8.88. The zero-order valence-corrected chi connectivity index (χ0v) is 20.3. The fourth-order valence-electron chi connectivity index (χ4n) is 6.16. The maximum Gasteiger partial charge on any atom is 0.412 e. The molecule has 0 N–H and O–H groups in total. The van der Waals surface area contributed by atoms with E-state index in [1.54, 1.807) is 0 Å². The highest BCUT2D eigenvalue weighted by atomic mass is 15.3. The number of allylic oxidation sites excluding steroid dienone is 2. The van der Waals surface area contributed by atoms with Gasteiger partial charge in [-0.05, 0) is 86.1 Å². The SMILES string of the molecule is C1=CB2N(C=C1)c1ccccc1N2c1cccc(-c2ccc3c4ccccc4c4ccccc4c3c2)c1.